The van der Waals surface area contributed by atoms with Gasteiger partial charge in [0.1, 0.15) is 0 Å². The Bertz CT molecular complexity index is 453. The normalized spacial score (nSPS) is 12.0. The van der Waals surface area contributed by atoms with Crippen LogP contribution in [0, 0.1) is 0 Å². The van der Waals surface area contributed by atoms with Crippen LogP contribution in [0.2, 0.25) is 10.0 Å². The first-order chi connectivity index (χ1) is 7.82. The molecular formula is C13H14Cl2O2. The lowest BCUT2D eigenvalue weighted by Gasteiger charge is -2.10. The molecule has 0 fully saturated rings. The molecule has 0 heterocycles. The van der Waals surface area contributed by atoms with Crippen molar-refractivity contribution in [3.05, 3.63) is 38.9 Å². The van der Waals surface area contributed by atoms with E-state index in [0.717, 1.165) is 5.56 Å². The summed E-state index contributed by atoms with van der Waals surface area (Å²) in [5.41, 5.74) is 1.79. The van der Waals surface area contributed by atoms with Gasteiger partial charge in [-0.3, -0.25) is 0 Å². The van der Waals surface area contributed by atoms with E-state index >= 15 is 0 Å². The van der Waals surface area contributed by atoms with Crippen molar-refractivity contribution in [2.75, 3.05) is 0 Å². The van der Waals surface area contributed by atoms with Crippen LogP contribution in [-0.2, 0) is 4.79 Å². The van der Waals surface area contributed by atoms with Crippen LogP contribution in [-0.4, -0.2) is 11.1 Å². The number of carboxylic acids is 1. The molecule has 0 aliphatic carbocycles. The monoisotopic (exact) mass is 272 g/mol. The average Bonchev–Trinajstić information content (AvgIpc) is 2.22. The fourth-order valence-electron chi connectivity index (χ4n) is 1.35. The molecule has 0 amide bonds. The van der Waals surface area contributed by atoms with Crippen LogP contribution in [0.3, 0.4) is 0 Å². The highest BCUT2D eigenvalue weighted by atomic mass is 35.5. The van der Waals surface area contributed by atoms with E-state index in [0.29, 0.717) is 21.5 Å². The minimum atomic E-state index is -0.981. The van der Waals surface area contributed by atoms with Crippen LogP contribution in [0.15, 0.2) is 17.7 Å². The molecule has 0 aliphatic rings. The van der Waals surface area contributed by atoms with Crippen molar-refractivity contribution in [3.8, 4) is 0 Å². The quantitative estimate of drug-likeness (QED) is 0.817. The lowest BCUT2D eigenvalue weighted by Crippen LogP contribution is -1.96. The molecule has 4 heteroatoms. The fraction of sp³-hybridized carbons (Fsp3) is 0.308. The van der Waals surface area contributed by atoms with Gasteiger partial charge in [0, 0.05) is 21.2 Å². The summed E-state index contributed by atoms with van der Waals surface area (Å²) in [6, 6.07) is 3.64. The molecule has 1 rings (SSSR count). The van der Waals surface area contributed by atoms with Gasteiger partial charge in [0.25, 0.3) is 0 Å². The summed E-state index contributed by atoms with van der Waals surface area (Å²) in [7, 11) is 0. The number of rotatable bonds is 3. The molecule has 1 aromatic rings. The molecule has 0 aromatic heterocycles. The maximum Gasteiger partial charge on any atom is 0.331 e. The van der Waals surface area contributed by atoms with Crippen LogP contribution in [0.25, 0.3) is 6.08 Å². The van der Waals surface area contributed by atoms with Gasteiger partial charge in [-0.05, 0) is 36.6 Å². The third-order valence-electron chi connectivity index (χ3n) is 2.47. The van der Waals surface area contributed by atoms with Gasteiger partial charge in [-0.1, -0.05) is 37.0 Å². The van der Waals surface area contributed by atoms with E-state index in [9.17, 15) is 4.79 Å². The lowest BCUT2D eigenvalue weighted by molar-refractivity contribution is -0.132. The summed E-state index contributed by atoms with van der Waals surface area (Å²) in [5, 5.41) is 9.76. The molecule has 92 valence electrons. The Hall–Kier alpha value is -0.990. The highest BCUT2D eigenvalue weighted by Crippen LogP contribution is 2.31. The topological polar surface area (TPSA) is 37.3 Å². The maximum atomic E-state index is 10.7. The standard InChI is InChI=1S/C13H14Cl2O2/c1-7(2)9-5-11(14)10(12(15)6-9)4-8(3)13(16)17/h4-7H,1-3H3,(H,16,17)/b8-4+. The van der Waals surface area contributed by atoms with Crippen molar-refractivity contribution in [2.24, 2.45) is 0 Å². The number of halogens is 2. The van der Waals surface area contributed by atoms with E-state index in [1.165, 1.54) is 13.0 Å². The van der Waals surface area contributed by atoms with Crippen LogP contribution in [0.5, 0.6) is 0 Å². The van der Waals surface area contributed by atoms with E-state index in [4.69, 9.17) is 28.3 Å². The second-order valence-corrected chi connectivity index (χ2v) is 5.00. The van der Waals surface area contributed by atoms with Gasteiger partial charge in [0.2, 0.25) is 0 Å². The molecule has 1 aromatic carbocycles. The average molecular weight is 273 g/mol. The zero-order valence-corrected chi connectivity index (χ0v) is 11.4. The van der Waals surface area contributed by atoms with Crippen LogP contribution in [0.4, 0.5) is 0 Å². The molecule has 0 saturated carbocycles. The highest BCUT2D eigenvalue weighted by Gasteiger charge is 2.10. The molecule has 0 saturated heterocycles. The van der Waals surface area contributed by atoms with E-state index in [1.54, 1.807) is 0 Å². The van der Waals surface area contributed by atoms with Crippen molar-refractivity contribution in [1.82, 2.24) is 0 Å². The molecule has 0 radical (unpaired) electrons. The predicted molar refractivity (Wildman–Crippen MR) is 71.8 cm³/mol. The number of carbonyl (C=O) groups is 1. The summed E-state index contributed by atoms with van der Waals surface area (Å²) >= 11 is 12.2. The van der Waals surface area contributed by atoms with Crippen molar-refractivity contribution in [1.29, 1.82) is 0 Å². The van der Waals surface area contributed by atoms with Crippen LogP contribution >= 0.6 is 23.2 Å². The number of aliphatic carboxylic acids is 1. The molecule has 0 bridgehead atoms. The van der Waals surface area contributed by atoms with Crippen LogP contribution < -0.4 is 0 Å². The highest BCUT2D eigenvalue weighted by molar-refractivity contribution is 6.37. The number of hydrogen-bond acceptors (Lipinski definition) is 1. The van der Waals surface area contributed by atoms with Crippen molar-refractivity contribution >= 4 is 35.2 Å². The minimum Gasteiger partial charge on any atom is -0.478 e. The third-order valence-corrected chi connectivity index (χ3v) is 3.09. The summed E-state index contributed by atoms with van der Waals surface area (Å²) in [5.74, 6) is -0.659. The van der Waals surface area contributed by atoms with Gasteiger partial charge >= 0.3 is 5.97 Å². The maximum absolute atomic E-state index is 10.7. The Morgan fingerprint density at radius 2 is 1.76 bits per heavy atom. The molecule has 1 N–H and O–H groups in total. The Balaban J connectivity index is 3.28. The molecule has 17 heavy (non-hydrogen) atoms. The molecule has 2 nitrogen and oxygen atoms in total. The van der Waals surface area contributed by atoms with Crippen molar-refractivity contribution in [2.45, 2.75) is 26.7 Å². The number of benzene rings is 1. The summed E-state index contributed by atoms with van der Waals surface area (Å²) < 4.78 is 0. The first-order valence-corrected chi connectivity index (χ1v) is 5.99. The van der Waals surface area contributed by atoms with Gasteiger partial charge < -0.3 is 5.11 Å². The van der Waals surface area contributed by atoms with Gasteiger partial charge in [-0.15, -0.1) is 0 Å². The fourth-order valence-corrected chi connectivity index (χ4v) is 1.97. The van der Waals surface area contributed by atoms with E-state index in [2.05, 4.69) is 0 Å². The summed E-state index contributed by atoms with van der Waals surface area (Å²) in [4.78, 5) is 10.7. The molecular weight excluding hydrogens is 259 g/mol. The van der Waals surface area contributed by atoms with E-state index < -0.39 is 5.97 Å². The van der Waals surface area contributed by atoms with E-state index in [-0.39, 0.29) is 5.57 Å². The number of carboxylic acid groups (broad SMARTS) is 1. The Labute approximate surface area is 111 Å². The van der Waals surface area contributed by atoms with Gasteiger partial charge in [0.05, 0.1) is 0 Å². The second-order valence-electron chi connectivity index (χ2n) is 4.19. The van der Waals surface area contributed by atoms with Gasteiger partial charge in [-0.2, -0.15) is 0 Å². The Morgan fingerprint density at radius 3 is 2.12 bits per heavy atom. The lowest BCUT2D eigenvalue weighted by atomic mass is 10.0. The second kappa shape index (κ2) is 5.56. The van der Waals surface area contributed by atoms with Crippen LogP contribution in [0.1, 0.15) is 37.8 Å². The molecule has 0 spiro atoms. The van der Waals surface area contributed by atoms with Gasteiger partial charge in [-0.25, -0.2) is 4.79 Å². The molecule has 0 atom stereocenters. The van der Waals surface area contributed by atoms with Gasteiger partial charge in [0.15, 0.2) is 0 Å². The number of hydrogen-bond donors (Lipinski definition) is 1. The first-order valence-electron chi connectivity index (χ1n) is 5.23. The largest absolute Gasteiger partial charge is 0.478 e. The minimum absolute atomic E-state index is 0.200. The first kappa shape index (κ1) is 14.1. The Morgan fingerprint density at radius 1 is 1.29 bits per heavy atom. The predicted octanol–water partition coefficient (Wildman–Crippen LogP) is 4.60. The third kappa shape index (κ3) is 3.48. The summed E-state index contributed by atoms with van der Waals surface area (Å²) in [6.07, 6.45) is 1.48. The van der Waals surface area contributed by atoms with Crippen molar-refractivity contribution in [3.63, 3.8) is 0 Å². The zero-order valence-electron chi connectivity index (χ0n) is 9.92. The Kier molecular flexibility index (Phi) is 4.61. The van der Waals surface area contributed by atoms with E-state index in [1.807, 2.05) is 26.0 Å². The SMILES string of the molecule is C/C(=C\c1c(Cl)cc(C(C)C)cc1Cl)C(=O)O. The summed E-state index contributed by atoms with van der Waals surface area (Å²) in [6.45, 7) is 5.59. The molecule has 0 aliphatic heterocycles. The van der Waals surface area contributed by atoms with Crippen molar-refractivity contribution < 1.29 is 9.90 Å². The zero-order chi connectivity index (χ0) is 13.2. The molecule has 0 unspecified atom stereocenters. The smallest absolute Gasteiger partial charge is 0.331 e.